The molecule has 0 bridgehead atoms. The number of benzene rings is 1. The lowest BCUT2D eigenvalue weighted by molar-refractivity contribution is -0.141. The predicted molar refractivity (Wildman–Crippen MR) is 93.9 cm³/mol. The second kappa shape index (κ2) is 7.66. The van der Waals surface area contributed by atoms with E-state index in [0.717, 1.165) is 5.56 Å². The largest absolute Gasteiger partial charge is 0.491 e. The van der Waals surface area contributed by atoms with Gasteiger partial charge in [0.1, 0.15) is 18.5 Å². The Morgan fingerprint density at radius 3 is 2.48 bits per heavy atom. The van der Waals surface area contributed by atoms with E-state index in [2.05, 4.69) is 6.58 Å². The van der Waals surface area contributed by atoms with Crippen LogP contribution in [0.25, 0.3) is 0 Å². The highest BCUT2D eigenvalue weighted by Crippen LogP contribution is 2.35. The molecule has 1 N–H and O–H groups in total. The van der Waals surface area contributed by atoms with Crippen molar-refractivity contribution in [2.24, 2.45) is 11.8 Å². The lowest BCUT2D eigenvalue weighted by Gasteiger charge is -2.20. The molecule has 1 saturated heterocycles. The molecule has 1 aliphatic carbocycles. The van der Waals surface area contributed by atoms with E-state index >= 15 is 0 Å². The van der Waals surface area contributed by atoms with Crippen LogP contribution in [0.15, 0.2) is 49.1 Å². The Labute approximate surface area is 147 Å². The van der Waals surface area contributed by atoms with Gasteiger partial charge in [-0.15, -0.1) is 6.58 Å². The summed E-state index contributed by atoms with van der Waals surface area (Å²) >= 11 is 0. The highest BCUT2D eigenvalue weighted by Gasteiger charge is 2.47. The molecule has 5 nitrogen and oxygen atoms in total. The van der Waals surface area contributed by atoms with Gasteiger partial charge in [0.25, 0.3) is 0 Å². The Kier molecular flexibility index (Phi) is 5.34. The fourth-order valence-electron chi connectivity index (χ4n) is 3.47. The first-order valence-corrected chi connectivity index (χ1v) is 8.61. The lowest BCUT2D eigenvalue weighted by atomic mass is 9.85. The molecular weight excluding hydrogens is 318 g/mol. The first kappa shape index (κ1) is 17.4. The summed E-state index contributed by atoms with van der Waals surface area (Å²) in [6.45, 7) is 3.73. The number of hydrogen-bond donors (Lipinski definition) is 1. The number of imide groups is 1. The molecule has 1 aromatic carbocycles. The molecule has 0 spiro atoms. The number of allylic oxidation sites excluding steroid dienone is 3. The van der Waals surface area contributed by atoms with Gasteiger partial charge in [-0.3, -0.25) is 14.5 Å². The Morgan fingerprint density at radius 1 is 1.20 bits per heavy atom. The molecular formula is C20H23NO4. The third kappa shape index (κ3) is 3.66. The van der Waals surface area contributed by atoms with E-state index in [9.17, 15) is 14.7 Å². The van der Waals surface area contributed by atoms with Crippen molar-refractivity contribution in [3.05, 3.63) is 54.6 Å². The zero-order valence-electron chi connectivity index (χ0n) is 14.1. The number of amides is 2. The smallest absolute Gasteiger partial charge is 0.233 e. The van der Waals surface area contributed by atoms with Crippen LogP contribution < -0.4 is 4.74 Å². The van der Waals surface area contributed by atoms with E-state index in [1.165, 1.54) is 4.90 Å². The number of aliphatic hydroxyl groups is 1. The van der Waals surface area contributed by atoms with Gasteiger partial charge >= 0.3 is 0 Å². The highest BCUT2D eigenvalue weighted by atomic mass is 16.5. The van der Waals surface area contributed by atoms with Crippen molar-refractivity contribution >= 4 is 11.8 Å². The van der Waals surface area contributed by atoms with Gasteiger partial charge in [-0.2, -0.15) is 0 Å². The van der Waals surface area contributed by atoms with Crippen molar-refractivity contribution in [2.45, 2.75) is 25.4 Å². The lowest BCUT2D eigenvalue weighted by Crippen LogP contribution is -2.40. The van der Waals surface area contributed by atoms with Gasteiger partial charge in [-0.1, -0.05) is 36.4 Å². The molecule has 25 heavy (non-hydrogen) atoms. The van der Waals surface area contributed by atoms with Crippen LogP contribution in [0.3, 0.4) is 0 Å². The SMILES string of the molecule is C=CCc1ccccc1OC[C@H](O)CN1C(=O)[C@H]2CC=CC[C@H]2C1=O. The zero-order chi connectivity index (χ0) is 17.8. The van der Waals surface area contributed by atoms with E-state index in [1.54, 1.807) is 6.08 Å². The van der Waals surface area contributed by atoms with Crippen LogP contribution in [0.4, 0.5) is 0 Å². The van der Waals surface area contributed by atoms with Gasteiger partial charge in [0.05, 0.1) is 18.4 Å². The minimum Gasteiger partial charge on any atom is -0.491 e. The number of para-hydroxylation sites is 1. The summed E-state index contributed by atoms with van der Waals surface area (Å²) in [7, 11) is 0. The molecule has 3 atom stereocenters. The van der Waals surface area contributed by atoms with Crippen molar-refractivity contribution in [1.82, 2.24) is 4.90 Å². The number of aliphatic hydroxyl groups excluding tert-OH is 1. The molecule has 0 radical (unpaired) electrons. The quantitative estimate of drug-likeness (QED) is 0.609. The Morgan fingerprint density at radius 2 is 1.84 bits per heavy atom. The van der Waals surface area contributed by atoms with Crippen molar-refractivity contribution in [3.63, 3.8) is 0 Å². The van der Waals surface area contributed by atoms with Crippen molar-refractivity contribution in [3.8, 4) is 5.75 Å². The van der Waals surface area contributed by atoms with Crippen LogP contribution in [0, 0.1) is 11.8 Å². The van der Waals surface area contributed by atoms with E-state index in [-0.39, 0.29) is 36.8 Å². The van der Waals surface area contributed by atoms with Gasteiger partial charge in [-0.25, -0.2) is 0 Å². The summed E-state index contributed by atoms with van der Waals surface area (Å²) in [5.41, 5.74) is 0.982. The van der Waals surface area contributed by atoms with Gasteiger partial charge < -0.3 is 9.84 Å². The standard InChI is InChI=1S/C20H23NO4/c1-2-7-14-8-3-6-11-18(14)25-13-15(22)12-21-19(23)16-9-4-5-10-17(16)20(21)24/h2-6,8,11,15-17,22H,1,7,9-10,12-13H2/t15-,16-,17+/m1/s1. The van der Waals surface area contributed by atoms with Crippen LogP contribution in [0.5, 0.6) is 5.75 Å². The van der Waals surface area contributed by atoms with Crippen LogP contribution >= 0.6 is 0 Å². The van der Waals surface area contributed by atoms with Crippen molar-refractivity contribution in [1.29, 1.82) is 0 Å². The van der Waals surface area contributed by atoms with Crippen molar-refractivity contribution < 1.29 is 19.4 Å². The van der Waals surface area contributed by atoms with E-state index in [4.69, 9.17) is 4.74 Å². The maximum Gasteiger partial charge on any atom is 0.233 e. The van der Waals surface area contributed by atoms with Crippen LogP contribution in [0.2, 0.25) is 0 Å². The van der Waals surface area contributed by atoms with Crippen LogP contribution in [-0.2, 0) is 16.0 Å². The number of likely N-dealkylation sites (tertiary alicyclic amines) is 1. The summed E-state index contributed by atoms with van der Waals surface area (Å²) in [4.78, 5) is 26.0. The maximum atomic E-state index is 12.4. The number of fused-ring (bicyclic) bond motifs is 1. The molecule has 1 aromatic rings. The summed E-state index contributed by atoms with van der Waals surface area (Å²) in [6.07, 6.45) is 6.65. The summed E-state index contributed by atoms with van der Waals surface area (Å²) in [5.74, 6) is -0.202. The Balaban J connectivity index is 1.58. The second-order valence-corrected chi connectivity index (χ2v) is 6.51. The number of nitrogens with zero attached hydrogens (tertiary/aromatic N) is 1. The Hall–Kier alpha value is -2.40. The number of carbonyl (C=O) groups is 2. The van der Waals surface area contributed by atoms with E-state index < -0.39 is 6.10 Å². The first-order chi connectivity index (χ1) is 12.1. The first-order valence-electron chi connectivity index (χ1n) is 8.61. The highest BCUT2D eigenvalue weighted by molar-refractivity contribution is 6.05. The number of carbonyl (C=O) groups excluding carboxylic acids is 2. The summed E-state index contributed by atoms with van der Waals surface area (Å²) < 4.78 is 5.69. The summed E-state index contributed by atoms with van der Waals surface area (Å²) in [6, 6.07) is 7.55. The molecule has 0 saturated carbocycles. The third-order valence-electron chi connectivity index (χ3n) is 4.76. The topological polar surface area (TPSA) is 66.8 Å². The Bertz CT molecular complexity index is 671. The number of β-amino-alcohol motifs (C(OH)–C–C–N with tert-alkyl or cyclic N) is 1. The van der Waals surface area contributed by atoms with Gasteiger partial charge in [-0.05, 0) is 30.9 Å². The fraction of sp³-hybridized carbons (Fsp3) is 0.400. The van der Waals surface area contributed by atoms with Crippen LogP contribution in [-0.4, -0.2) is 41.1 Å². The molecule has 1 aliphatic heterocycles. The molecule has 0 aromatic heterocycles. The molecule has 0 unspecified atom stereocenters. The normalized spacial score (nSPS) is 23.5. The molecule has 2 aliphatic rings. The zero-order valence-corrected chi connectivity index (χ0v) is 14.1. The average molecular weight is 341 g/mol. The monoisotopic (exact) mass is 341 g/mol. The van der Waals surface area contributed by atoms with Gasteiger partial charge in [0, 0.05) is 0 Å². The second-order valence-electron chi connectivity index (χ2n) is 6.51. The molecule has 5 heteroatoms. The fourth-order valence-corrected chi connectivity index (χ4v) is 3.47. The molecule has 2 amide bonds. The number of ether oxygens (including phenoxy) is 1. The maximum absolute atomic E-state index is 12.4. The summed E-state index contributed by atoms with van der Waals surface area (Å²) in [5, 5.41) is 10.3. The molecule has 1 fully saturated rings. The predicted octanol–water partition coefficient (Wildman–Crippen LogP) is 2.11. The van der Waals surface area contributed by atoms with Gasteiger partial charge in [0.15, 0.2) is 0 Å². The molecule has 1 heterocycles. The average Bonchev–Trinajstić information content (AvgIpc) is 2.87. The number of rotatable bonds is 7. The minimum absolute atomic E-state index is 0.0196. The number of hydrogen-bond acceptors (Lipinski definition) is 4. The minimum atomic E-state index is -0.919. The van der Waals surface area contributed by atoms with Crippen LogP contribution in [0.1, 0.15) is 18.4 Å². The van der Waals surface area contributed by atoms with E-state index in [1.807, 2.05) is 36.4 Å². The molecule has 132 valence electrons. The third-order valence-corrected chi connectivity index (χ3v) is 4.76. The molecule has 3 rings (SSSR count). The van der Waals surface area contributed by atoms with Crippen molar-refractivity contribution in [2.75, 3.05) is 13.2 Å². The van der Waals surface area contributed by atoms with Gasteiger partial charge in [0.2, 0.25) is 11.8 Å². The van der Waals surface area contributed by atoms with E-state index in [0.29, 0.717) is 25.0 Å².